The van der Waals surface area contributed by atoms with Crippen molar-refractivity contribution in [1.29, 1.82) is 0 Å². The number of piperidine rings is 1. The molecule has 0 aromatic heterocycles. The summed E-state index contributed by atoms with van der Waals surface area (Å²) in [6.45, 7) is 3.00. The molecule has 0 aromatic carbocycles. The van der Waals surface area contributed by atoms with Crippen LogP contribution >= 0.6 is 0 Å². The number of hydrogen-bond donors (Lipinski definition) is 1. The number of halogens is 3. The van der Waals surface area contributed by atoms with E-state index in [9.17, 15) is 13.2 Å². The van der Waals surface area contributed by atoms with E-state index in [0.717, 1.165) is 19.4 Å². The quantitative estimate of drug-likeness (QED) is 0.753. The highest BCUT2D eigenvalue weighted by Gasteiger charge is 2.27. The van der Waals surface area contributed by atoms with Gasteiger partial charge < -0.3 is 5.32 Å². The van der Waals surface area contributed by atoms with Gasteiger partial charge in [0.25, 0.3) is 0 Å². The third kappa shape index (κ3) is 4.84. The Bertz CT molecular complexity index is 159. The first-order valence-corrected chi connectivity index (χ1v) is 5.27. The Balaban J connectivity index is 2.08. The second-order valence-corrected chi connectivity index (χ2v) is 4.26. The molecule has 1 aliphatic heterocycles. The van der Waals surface area contributed by atoms with Crippen LogP contribution in [0.25, 0.3) is 0 Å². The molecule has 0 amide bonds. The molecule has 1 saturated heterocycles. The van der Waals surface area contributed by atoms with Crippen LogP contribution in [0.4, 0.5) is 13.2 Å². The molecule has 1 aliphatic rings. The molecule has 2 atom stereocenters. The van der Waals surface area contributed by atoms with Crippen LogP contribution in [-0.4, -0.2) is 18.8 Å². The molecule has 2 unspecified atom stereocenters. The highest BCUT2D eigenvalue weighted by molar-refractivity contribution is 4.74. The van der Waals surface area contributed by atoms with Crippen LogP contribution in [0, 0.1) is 5.92 Å². The SMILES string of the molecule is CC1CCC(CCCC(F)(F)F)CN1. The molecule has 0 bridgehead atoms. The van der Waals surface area contributed by atoms with E-state index in [-0.39, 0.29) is 6.42 Å². The van der Waals surface area contributed by atoms with Gasteiger partial charge in [0.15, 0.2) is 0 Å². The van der Waals surface area contributed by atoms with Gasteiger partial charge in [0.05, 0.1) is 0 Å². The fourth-order valence-corrected chi connectivity index (χ4v) is 1.90. The van der Waals surface area contributed by atoms with Crippen LogP contribution in [0.1, 0.15) is 39.0 Å². The van der Waals surface area contributed by atoms with E-state index in [1.165, 1.54) is 0 Å². The Kier molecular flexibility index (Phi) is 4.23. The summed E-state index contributed by atoms with van der Waals surface area (Å²) in [6.07, 6.45) is -1.44. The molecule has 0 radical (unpaired) electrons. The lowest BCUT2D eigenvalue weighted by atomic mass is 9.91. The lowest BCUT2D eigenvalue weighted by Crippen LogP contribution is -2.36. The minimum absolute atomic E-state index is 0.282. The summed E-state index contributed by atoms with van der Waals surface area (Å²) in [4.78, 5) is 0. The topological polar surface area (TPSA) is 12.0 Å². The van der Waals surface area contributed by atoms with Gasteiger partial charge in [-0.15, -0.1) is 0 Å². The Morgan fingerprint density at radius 2 is 2.00 bits per heavy atom. The molecule has 1 heterocycles. The molecule has 0 saturated carbocycles. The zero-order valence-corrected chi connectivity index (χ0v) is 8.53. The van der Waals surface area contributed by atoms with Gasteiger partial charge in [-0.2, -0.15) is 13.2 Å². The first-order chi connectivity index (χ1) is 6.47. The standard InChI is InChI=1S/C10H18F3N/c1-8-4-5-9(7-14-8)3-2-6-10(11,12)13/h8-9,14H,2-7H2,1H3. The van der Waals surface area contributed by atoms with Gasteiger partial charge in [-0.05, 0) is 45.1 Å². The van der Waals surface area contributed by atoms with Crippen molar-refractivity contribution >= 4 is 0 Å². The summed E-state index contributed by atoms with van der Waals surface area (Å²) in [5.74, 6) is 0.452. The molecule has 14 heavy (non-hydrogen) atoms. The average molecular weight is 209 g/mol. The summed E-state index contributed by atoms with van der Waals surface area (Å²) in [5, 5.41) is 3.30. The molecular weight excluding hydrogens is 191 g/mol. The summed E-state index contributed by atoms with van der Waals surface area (Å²) in [6, 6.07) is 0.536. The summed E-state index contributed by atoms with van der Waals surface area (Å²) >= 11 is 0. The molecule has 0 spiro atoms. The number of alkyl halides is 3. The number of hydrogen-bond acceptors (Lipinski definition) is 1. The molecule has 1 nitrogen and oxygen atoms in total. The van der Waals surface area contributed by atoms with Crippen LogP contribution in [0.2, 0.25) is 0 Å². The normalized spacial score (nSPS) is 29.1. The monoisotopic (exact) mass is 209 g/mol. The highest BCUT2D eigenvalue weighted by atomic mass is 19.4. The Labute approximate surface area is 83.1 Å². The van der Waals surface area contributed by atoms with Crippen LogP contribution < -0.4 is 5.32 Å². The molecule has 4 heteroatoms. The lowest BCUT2D eigenvalue weighted by Gasteiger charge is -2.27. The second-order valence-electron chi connectivity index (χ2n) is 4.26. The van der Waals surface area contributed by atoms with E-state index in [4.69, 9.17) is 0 Å². The van der Waals surface area contributed by atoms with Crippen LogP contribution in [-0.2, 0) is 0 Å². The first-order valence-electron chi connectivity index (χ1n) is 5.27. The van der Waals surface area contributed by atoms with Crippen molar-refractivity contribution in [2.45, 2.75) is 51.2 Å². The molecule has 84 valence electrons. The number of rotatable bonds is 3. The minimum atomic E-state index is -3.98. The summed E-state index contributed by atoms with van der Waals surface area (Å²) < 4.78 is 35.6. The van der Waals surface area contributed by atoms with E-state index < -0.39 is 12.6 Å². The van der Waals surface area contributed by atoms with Crippen molar-refractivity contribution in [3.63, 3.8) is 0 Å². The average Bonchev–Trinajstić information content (AvgIpc) is 2.06. The third-order valence-corrected chi connectivity index (χ3v) is 2.84. The maximum Gasteiger partial charge on any atom is 0.389 e. The van der Waals surface area contributed by atoms with Crippen molar-refractivity contribution in [1.82, 2.24) is 5.32 Å². The molecule has 1 N–H and O–H groups in total. The number of nitrogens with one attached hydrogen (secondary N) is 1. The summed E-state index contributed by atoms with van der Waals surface area (Å²) in [5.41, 5.74) is 0. The zero-order valence-electron chi connectivity index (χ0n) is 8.53. The Hall–Kier alpha value is -0.250. The largest absolute Gasteiger partial charge is 0.389 e. The molecule has 0 aliphatic carbocycles. The molecule has 1 rings (SSSR count). The maximum absolute atomic E-state index is 11.9. The van der Waals surface area contributed by atoms with E-state index in [1.54, 1.807) is 0 Å². The van der Waals surface area contributed by atoms with E-state index in [2.05, 4.69) is 12.2 Å². The fourth-order valence-electron chi connectivity index (χ4n) is 1.90. The van der Waals surface area contributed by atoms with Gasteiger partial charge in [0, 0.05) is 12.5 Å². The predicted molar refractivity (Wildman–Crippen MR) is 50.1 cm³/mol. The van der Waals surface area contributed by atoms with Gasteiger partial charge in [-0.1, -0.05) is 0 Å². The van der Waals surface area contributed by atoms with E-state index in [1.807, 2.05) is 0 Å². The lowest BCUT2D eigenvalue weighted by molar-refractivity contribution is -0.136. The Morgan fingerprint density at radius 3 is 2.50 bits per heavy atom. The summed E-state index contributed by atoms with van der Waals surface area (Å²) in [7, 11) is 0. The maximum atomic E-state index is 11.9. The van der Waals surface area contributed by atoms with Gasteiger partial charge in [0.1, 0.15) is 0 Å². The second kappa shape index (κ2) is 5.01. The molecule has 0 aromatic rings. The van der Waals surface area contributed by atoms with Crippen LogP contribution in [0.15, 0.2) is 0 Å². The first kappa shape index (κ1) is 11.8. The predicted octanol–water partition coefficient (Wildman–Crippen LogP) is 3.11. The van der Waals surface area contributed by atoms with Gasteiger partial charge in [0.2, 0.25) is 0 Å². The van der Waals surface area contributed by atoms with Crippen molar-refractivity contribution in [3.8, 4) is 0 Å². The Morgan fingerprint density at radius 1 is 1.29 bits per heavy atom. The van der Waals surface area contributed by atoms with E-state index >= 15 is 0 Å². The molecule has 1 fully saturated rings. The zero-order chi connectivity index (χ0) is 10.6. The van der Waals surface area contributed by atoms with Crippen molar-refractivity contribution in [3.05, 3.63) is 0 Å². The third-order valence-electron chi connectivity index (χ3n) is 2.84. The minimum Gasteiger partial charge on any atom is -0.314 e. The van der Waals surface area contributed by atoms with Crippen LogP contribution in [0.3, 0.4) is 0 Å². The van der Waals surface area contributed by atoms with Gasteiger partial charge >= 0.3 is 6.18 Å². The van der Waals surface area contributed by atoms with Crippen molar-refractivity contribution in [2.24, 2.45) is 5.92 Å². The van der Waals surface area contributed by atoms with Gasteiger partial charge in [-0.25, -0.2) is 0 Å². The van der Waals surface area contributed by atoms with Crippen molar-refractivity contribution < 1.29 is 13.2 Å². The van der Waals surface area contributed by atoms with Crippen molar-refractivity contribution in [2.75, 3.05) is 6.54 Å². The smallest absolute Gasteiger partial charge is 0.314 e. The van der Waals surface area contributed by atoms with Gasteiger partial charge in [-0.3, -0.25) is 0 Å². The highest BCUT2D eigenvalue weighted by Crippen LogP contribution is 2.26. The fraction of sp³-hybridized carbons (Fsp3) is 1.00. The van der Waals surface area contributed by atoms with Crippen LogP contribution in [0.5, 0.6) is 0 Å². The van der Waals surface area contributed by atoms with E-state index in [0.29, 0.717) is 18.4 Å². The molecular formula is C10H18F3N.